The van der Waals surface area contributed by atoms with Gasteiger partial charge in [-0.2, -0.15) is 5.10 Å². The van der Waals surface area contributed by atoms with Crippen molar-refractivity contribution in [1.82, 2.24) is 9.78 Å². The van der Waals surface area contributed by atoms with Gasteiger partial charge in [-0.1, -0.05) is 18.2 Å². The van der Waals surface area contributed by atoms with E-state index in [1.165, 1.54) is 0 Å². The highest BCUT2D eigenvalue weighted by atomic mass is 16.1. The molecule has 1 aromatic carbocycles. The molecule has 0 unspecified atom stereocenters. The van der Waals surface area contributed by atoms with E-state index >= 15 is 0 Å². The standard InChI is InChI=1S/C14H16N2O/c1-4-16-13(8-9-15-16)14(17)12-7-5-6-10(2)11(12)3/h5-9H,4H2,1-3H3. The summed E-state index contributed by atoms with van der Waals surface area (Å²) < 4.78 is 1.73. The lowest BCUT2D eigenvalue weighted by Gasteiger charge is -2.08. The highest BCUT2D eigenvalue weighted by Gasteiger charge is 2.16. The molecule has 0 radical (unpaired) electrons. The van der Waals surface area contributed by atoms with E-state index in [-0.39, 0.29) is 5.78 Å². The molecule has 17 heavy (non-hydrogen) atoms. The zero-order valence-electron chi connectivity index (χ0n) is 10.4. The van der Waals surface area contributed by atoms with Crippen LogP contribution in [0.5, 0.6) is 0 Å². The maximum atomic E-state index is 12.4. The van der Waals surface area contributed by atoms with Gasteiger partial charge in [-0.05, 0) is 38.0 Å². The Balaban J connectivity index is 2.48. The van der Waals surface area contributed by atoms with Crippen LogP contribution >= 0.6 is 0 Å². The molecule has 2 rings (SSSR count). The molecule has 88 valence electrons. The highest BCUT2D eigenvalue weighted by molar-refractivity contribution is 6.08. The number of carbonyl (C=O) groups is 1. The Morgan fingerprint density at radius 3 is 2.76 bits per heavy atom. The number of aryl methyl sites for hydroxylation is 2. The fraction of sp³-hybridized carbons (Fsp3) is 0.286. The van der Waals surface area contributed by atoms with E-state index in [0.29, 0.717) is 12.2 Å². The summed E-state index contributed by atoms with van der Waals surface area (Å²) in [5, 5.41) is 4.13. The quantitative estimate of drug-likeness (QED) is 0.757. The summed E-state index contributed by atoms with van der Waals surface area (Å²) in [6, 6.07) is 7.58. The highest BCUT2D eigenvalue weighted by Crippen LogP contribution is 2.17. The minimum atomic E-state index is 0.0468. The first-order valence-corrected chi connectivity index (χ1v) is 5.78. The fourth-order valence-electron chi connectivity index (χ4n) is 1.91. The number of nitrogens with zero attached hydrogens (tertiary/aromatic N) is 2. The van der Waals surface area contributed by atoms with E-state index in [4.69, 9.17) is 0 Å². The van der Waals surface area contributed by atoms with Crippen molar-refractivity contribution in [2.45, 2.75) is 27.3 Å². The molecule has 0 bridgehead atoms. The van der Waals surface area contributed by atoms with Crippen molar-refractivity contribution in [3.05, 3.63) is 52.8 Å². The Hall–Kier alpha value is -1.90. The summed E-state index contributed by atoms with van der Waals surface area (Å²) >= 11 is 0. The van der Waals surface area contributed by atoms with Crippen LogP contribution in [0.4, 0.5) is 0 Å². The van der Waals surface area contributed by atoms with Crippen LogP contribution in [0, 0.1) is 13.8 Å². The Morgan fingerprint density at radius 2 is 2.06 bits per heavy atom. The van der Waals surface area contributed by atoms with Crippen molar-refractivity contribution in [1.29, 1.82) is 0 Å². The van der Waals surface area contributed by atoms with Gasteiger partial charge in [-0.25, -0.2) is 0 Å². The number of hydrogen-bond acceptors (Lipinski definition) is 2. The number of aromatic nitrogens is 2. The minimum Gasteiger partial charge on any atom is -0.287 e. The molecule has 0 atom stereocenters. The van der Waals surface area contributed by atoms with Crippen LogP contribution in [0.1, 0.15) is 34.1 Å². The first-order chi connectivity index (χ1) is 8.15. The molecular formula is C14H16N2O. The van der Waals surface area contributed by atoms with Crippen LogP contribution < -0.4 is 0 Å². The van der Waals surface area contributed by atoms with Gasteiger partial charge in [0.05, 0.1) is 0 Å². The summed E-state index contributed by atoms with van der Waals surface area (Å²) in [5.74, 6) is 0.0468. The second-order valence-corrected chi connectivity index (χ2v) is 4.11. The lowest BCUT2D eigenvalue weighted by atomic mass is 9.99. The van der Waals surface area contributed by atoms with E-state index < -0.39 is 0 Å². The molecule has 0 saturated carbocycles. The fourth-order valence-corrected chi connectivity index (χ4v) is 1.91. The third-order valence-corrected chi connectivity index (χ3v) is 3.10. The molecular weight excluding hydrogens is 212 g/mol. The van der Waals surface area contributed by atoms with Gasteiger partial charge in [0.25, 0.3) is 0 Å². The first kappa shape index (κ1) is 11.6. The number of ketones is 1. The summed E-state index contributed by atoms with van der Waals surface area (Å²) in [4.78, 5) is 12.4. The molecule has 0 fully saturated rings. The number of benzene rings is 1. The maximum Gasteiger partial charge on any atom is 0.211 e. The molecule has 0 amide bonds. The Morgan fingerprint density at radius 1 is 1.29 bits per heavy atom. The smallest absolute Gasteiger partial charge is 0.211 e. The van der Waals surface area contributed by atoms with Crippen LogP contribution in [0.25, 0.3) is 0 Å². The predicted octanol–water partition coefficient (Wildman–Crippen LogP) is 2.75. The summed E-state index contributed by atoms with van der Waals surface area (Å²) in [7, 11) is 0. The van der Waals surface area contributed by atoms with Gasteiger partial charge >= 0.3 is 0 Å². The molecule has 0 aliphatic rings. The van der Waals surface area contributed by atoms with E-state index in [1.807, 2.05) is 39.0 Å². The van der Waals surface area contributed by atoms with Gasteiger partial charge in [-0.3, -0.25) is 9.48 Å². The van der Waals surface area contributed by atoms with Gasteiger partial charge in [0.15, 0.2) is 0 Å². The van der Waals surface area contributed by atoms with Gasteiger partial charge in [0.2, 0.25) is 5.78 Å². The van der Waals surface area contributed by atoms with Gasteiger partial charge in [0, 0.05) is 18.3 Å². The van der Waals surface area contributed by atoms with Crippen LogP contribution in [0.2, 0.25) is 0 Å². The van der Waals surface area contributed by atoms with Crippen molar-refractivity contribution in [3.63, 3.8) is 0 Å². The molecule has 0 spiro atoms. The van der Waals surface area contributed by atoms with Crippen LogP contribution in [0.15, 0.2) is 30.5 Å². The van der Waals surface area contributed by atoms with E-state index in [2.05, 4.69) is 5.10 Å². The van der Waals surface area contributed by atoms with E-state index in [0.717, 1.165) is 16.7 Å². The van der Waals surface area contributed by atoms with Crippen molar-refractivity contribution >= 4 is 5.78 Å². The molecule has 0 saturated heterocycles. The molecule has 0 aliphatic heterocycles. The molecule has 3 heteroatoms. The molecule has 0 aliphatic carbocycles. The average molecular weight is 228 g/mol. The third kappa shape index (κ3) is 2.00. The van der Waals surface area contributed by atoms with Gasteiger partial charge in [0.1, 0.15) is 5.69 Å². The lowest BCUT2D eigenvalue weighted by molar-refractivity contribution is 0.102. The second-order valence-electron chi connectivity index (χ2n) is 4.11. The number of rotatable bonds is 3. The van der Waals surface area contributed by atoms with Gasteiger partial charge in [-0.15, -0.1) is 0 Å². The van der Waals surface area contributed by atoms with Gasteiger partial charge < -0.3 is 0 Å². The number of carbonyl (C=O) groups excluding carboxylic acids is 1. The van der Waals surface area contributed by atoms with Crippen molar-refractivity contribution < 1.29 is 4.79 Å². The molecule has 2 aromatic rings. The molecule has 3 nitrogen and oxygen atoms in total. The average Bonchev–Trinajstić information content (AvgIpc) is 2.80. The summed E-state index contributed by atoms with van der Waals surface area (Å²) in [6.07, 6.45) is 1.67. The monoisotopic (exact) mass is 228 g/mol. The second kappa shape index (κ2) is 4.53. The zero-order valence-corrected chi connectivity index (χ0v) is 10.4. The zero-order chi connectivity index (χ0) is 12.4. The minimum absolute atomic E-state index is 0.0468. The van der Waals surface area contributed by atoms with E-state index in [1.54, 1.807) is 16.9 Å². The van der Waals surface area contributed by atoms with Crippen LogP contribution in [-0.4, -0.2) is 15.6 Å². The van der Waals surface area contributed by atoms with Crippen LogP contribution in [0.3, 0.4) is 0 Å². The topological polar surface area (TPSA) is 34.9 Å². The normalized spacial score (nSPS) is 10.5. The Bertz CT molecular complexity index is 555. The van der Waals surface area contributed by atoms with Crippen molar-refractivity contribution in [2.75, 3.05) is 0 Å². The maximum absolute atomic E-state index is 12.4. The lowest BCUT2D eigenvalue weighted by Crippen LogP contribution is -2.12. The van der Waals surface area contributed by atoms with Crippen LogP contribution in [-0.2, 0) is 6.54 Å². The Labute approximate surface area is 101 Å². The SMILES string of the molecule is CCn1nccc1C(=O)c1cccc(C)c1C. The van der Waals surface area contributed by atoms with Crippen molar-refractivity contribution in [3.8, 4) is 0 Å². The first-order valence-electron chi connectivity index (χ1n) is 5.78. The third-order valence-electron chi connectivity index (χ3n) is 3.10. The predicted molar refractivity (Wildman–Crippen MR) is 67.2 cm³/mol. The largest absolute Gasteiger partial charge is 0.287 e. The summed E-state index contributed by atoms with van der Waals surface area (Å²) in [6.45, 7) is 6.68. The molecule has 1 heterocycles. The van der Waals surface area contributed by atoms with Crippen molar-refractivity contribution in [2.24, 2.45) is 0 Å². The Kier molecular flexibility index (Phi) is 3.09. The molecule has 1 aromatic heterocycles. The van der Waals surface area contributed by atoms with E-state index in [9.17, 15) is 4.79 Å². The summed E-state index contributed by atoms with van der Waals surface area (Å²) in [5.41, 5.74) is 3.60. The molecule has 0 N–H and O–H groups in total. The number of hydrogen-bond donors (Lipinski definition) is 0.